The average Bonchev–Trinajstić information content (AvgIpc) is 2.15. The quantitative estimate of drug-likeness (QED) is 0.479. The molecule has 15 heavy (non-hydrogen) atoms. The molecule has 1 aliphatic heterocycles. The fraction of sp³-hybridized carbons (Fsp3) is 0.462. The zero-order chi connectivity index (χ0) is 11.1. The molecule has 1 aromatic rings. The van der Waals surface area contributed by atoms with Crippen LogP contribution in [0.5, 0.6) is 5.75 Å². The van der Waals surface area contributed by atoms with Crippen molar-refractivity contribution in [1.29, 1.82) is 0 Å². The van der Waals surface area contributed by atoms with Crippen molar-refractivity contribution in [3.8, 4) is 5.75 Å². The largest absolute Gasteiger partial charge is 0.426 e. The molecule has 0 saturated carbocycles. The Bertz CT molecular complexity index is 388. The highest BCUT2D eigenvalue weighted by Crippen LogP contribution is 2.44. The molecular weight excluding hydrogens is 188 g/mol. The van der Waals surface area contributed by atoms with Gasteiger partial charge in [0.25, 0.3) is 0 Å². The standard InChI is InChI=1S/C13H16O2/c1-13(2,3)10-8-12(14)15-11-7-5-4-6-9(10)11/h4-7,10H,8H2,1-3H3. The molecule has 0 fully saturated rings. The molecule has 0 spiro atoms. The summed E-state index contributed by atoms with van der Waals surface area (Å²) in [4.78, 5) is 11.5. The van der Waals surface area contributed by atoms with E-state index < -0.39 is 0 Å². The zero-order valence-corrected chi connectivity index (χ0v) is 9.41. The fourth-order valence-electron chi connectivity index (χ4n) is 2.07. The summed E-state index contributed by atoms with van der Waals surface area (Å²) < 4.78 is 5.22. The van der Waals surface area contributed by atoms with Crippen molar-refractivity contribution in [2.45, 2.75) is 33.1 Å². The number of carbonyl (C=O) groups is 1. The van der Waals surface area contributed by atoms with Crippen molar-refractivity contribution < 1.29 is 9.53 Å². The van der Waals surface area contributed by atoms with Gasteiger partial charge in [-0.1, -0.05) is 39.0 Å². The Morgan fingerprint density at radius 2 is 1.93 bits per heavy atom. The van der Waals surface area contributed by atoms with Gasteiger partial charge >= 0.3 is 5.97 Å². The summed E-state index contributed by atoms with van der Waals surface area (Å²) in [7, 11) is 0. The van der Waals surface area contributed by atoms with Crippen LogP contribution in [-0.4, -0.2) is 5.97 Å². The van der Waals surface area contributed by atoms with Crippen LogP contribution in [0, 0.1) is 5.41 Å². The van der Waals surface area contributed by atoms with E-state index in [1.165, 1.54) is 0 Å². The third kappa shape index (κ3) is 1.89. The van der Waals surface area contributed by atoms with Gasteiger partial charge in [0.05, 0.1) is 6.42 Å². The highest BCUT2D eigenvalue weighted by atomic mass is 16.5. The Morgan fingerprint density at radius 1 is 1.27 bits per heavy atom. The van der Waals surface area contributed by atoms with E-state index in [0.29, 0.717) is 6.42 Å². The van der Waals surface area contributed by atoms with Gasteiger partial charge in [0, 0.05) is 5.92 Å². The second-order valence-corrected chi connectivity index (χ2v) is 5.13. The van der Waals surface area contributed by atoms with E-state index >= 15 is 0 Å². The second-order valence-electron chi connectivity index (χ2n) is 5.13. The highest BCUT2D eigenvalue weighted by molar-refractivity contribution is 5.76. The number of fused-ring (bicyclic) bond motifs is 1. The summed E-state index contributed by atoms with van der Waals surface area (Å²) in [5.74, 6) is 0.872. The van der Waals surface area contributed by atoms with Crippen molar-refractivity contribution in [2.24, 2.45) is 5.41 Å². The van der Waals surface area contributed by atoms with Crippen LogP contribution in [-0.2, 0) is 4.79 Å². The molecule has 0 amide bonds. The third-order valence-corrected chi connectivity index (χ3v) is 2.93. The van der Waals surface area contributed by atoms with Gasteiger partial charge in [-0.05, 0) is 17.0 Å². The van der Waals surface area contributed by atoms with Crippen LogP contribution < -0.4 is 4.74 Å². The van der Waals surface area contributed by atoms with Gasteiger partial charge in [-0.15, -0.1) is 0 Å². The molecule has 0 radical (unpaired) electrons. The van der Waals surface area contributed by atoms with Crippen molar-refractivity contribution in [1.82, 2.24) is 0 Å². The Morgan fingerprint density at radius 3 is 2.60 bits per heavy atom. The lowest BCUT2D eigenvalue weighted by molar-refractivity contribution is -0.136. The average molecular weight is 204 g/mol. The predicted octanol–water partition coefficient (Wildman–Crippen LogP) is 3.13. The van der Waals surface area contributed by atoms with Crippen molar-refractivity contribution in [3.63, 3.8) is 0 Å². The van der Waals surface area contributed by atoms with Gasteiger partial charge < -0.3 is 4.74 Å². The van der Waals surface area contributed by atoms with E-state index in [9.17, 15) is 4.79 Å². The van der Waals surface area contributed by atoms with Crippen LogP contribution in [0.2, 0.25) is 0 Å². The van der Waals surface area contributed by atoms with Crippen LogP contribution >= 0.6 is 0 Å². The molecule has 2 nitrogen and oxygen atoms in total. The first-order valence-electron chi connectivity index (χ1n) is 5.28. The molecule has 1 atom stereocenters. The van der Waals surface area contributed by atoms with Gasteiger partial charge in [0.2, 0.25) is 0 Å². The summed E-state index contributed by atoms with van der Waals surface area (Å²) in [5.41, 5.74) is 1.25. The Hall–Kier alpha value is -1.31. The Labute approximate surface area is 90.3 Å². The minimum Gasteiger partial charge on any atom is -0.426 e. The Kier molecular flexibility index (Phi) is 2.29. The lowest BCUT2D eigenvalue weighted by atomic mass is 9.73. The molecule has 1 unspecified atom stereocenters. The van der Waals surface area contributed by atoms with E-state index in [1.807, 2.05) is 18.2 Å². The van der Waals surface area contributed by atoms with Crippen molar-refractivity contribution >= 4 is 5.97 Å². The zero-order valence-electron chi connectivity index (χ0n) is 9.41. The van der Waals surface area contributed by atoms with Gasteiger partial charge in [0.15, 0.2) is 0 Å². The summed E-state index contributed by atoms with van der Waals surface area (Å²) in [6.45, 7) is 6.48. The molecule has 2 rings (SSSR count). The summed E-state index contributed by atoms with van der Waals surface area (Å²) >= 11 is 0. The van der Waals surface area contributed by atoms with Crippen molar-refractivity contribution in [2.75, 3.05) is 0 Å². The summed E-state index contributed by atoms with van der Waals surface area (Å²) in [6, 6.07) is 7.82. The monoisotopic (exact) mass is 204 g/mol. The van der Waals surface area contributed by atoms with E-state index in [-0.39, 0.29) is 17.3 Å². The second kappa shape index (κ2) is 3.37. The molecule has 0 saturated heterocycles. The molecular formula is C13H16O2. The molecule has 2 heteroatoms. The van der Waals surface area contributed by atoms with Crippen LogP contribution in [0.1, 0.15) is 38.7 Å². The number of ether oxygens (including phenoxy) is 1. The maximum atomic E-state index is 11.5. The van der Waals surface area contributed by atoms with Gasteiger partial charge in [-0.3, -0.25) is 4.79 Å². The topological polar surface area (TPSA) is 26.3 Å². The lowest BCUT2D eigenvalue weighted by Crippen LogP contribution is -2.28. The number of rotatable bonds is 0. The molecule has 1 aliphatic rings. The SMILES string of the molecule is CC(C)(C)C1CC(=O)Oc2ccccc21. The molecule has 0 N–H and O–H groups in total. The number of carbonyl (C=O) groups excluding carboxylic acids is 1. The fourth-order valence-corrected chi connectivity index (χ4v) is 2.07. The Balaban J connectivity index is 2.47. The maximum absolute atomic E-state index is 11.5. The first kappa shape index (κ1) is 10.2. The number of benzene rings is 1. The highest BCUT2D eigenvalue weighted by Gasteiger charge is 2.34. The van der Waals surface area contributed by atoms with Gasteiger partial charge in [-0.25, -0.2) is 0 Å². The lowest BCUT2D eigenvalue weighted by Gasteiger charge is -2.34. The smallest absolute Gasteiger partial charge is 0.311 e. The maximum Gasteiger partial charge on any atom is 0.311 e. The first-order valence-corrected chi connectivity index (χ1v) is 5.28. The van der Waals surface area contributed by atoms with E-state index in [4.69, 9.17) is 4.74 Å². The third-order valence-electron chi connectivity index (χ3n) is 2.93. The van der Waals surface area contributed by atoms with E-state index in [2.05, 4.69) is 26.8 Å². The van der Waals surface area contributed by atoms with Crippen LogP contribution in [0.3, 0.4) is 0 Å². The van der Waals surface area contributed by atoms with Gasteiger partial charge in [0.1, 0.15) is 5.75 Å². The minimum absolute atomic E-state index is 0.0928. The first-order chi connectivity index (χ1) is 6.98. The molecule has 80 valence electrons. The van der Waals surface area contributed by atoms with Crippen LogP contribution in [0.15, 0.2) is 24.3 Å². The number of hydrogen-bond donors (Lipinski definition) is 0. The summed E-state index contributed by atoms with van der Waals surface area (Å²) in [6.07, 6.45) is 0.487. The summed E-state index contributed by atoms with van der Waals surface area (Å²) in [5, 5.41) is 0. The number of esters is 1. The van der Waals surface area contributed by atoms with Gasteiger partial charge in [-0.2, -0.15) is 0 Å². The van der Waals surface area contributed by atoms with Crippen LogP contribution in [0.25, 0.3) is 0 Å². The van der Waals surface area contributed by atoms with E-state index in [1.54, 1.807) is 0 Å². The molecule has 0 aromatic heterocycles. The number of hydrogen-bond acceptors (Lipinski definition) is 2. The molecule has 0 aliphatic carbocycles. The van der Waals surface area contributed by atoms with Crippen molar-refractivity contribution in [3.05, 3.63) is 29.8 Å². The van der Waals surface area contributed by atoms with Crippen LogP contribution in [0.4, 0.5) is 0 Å². The molecule has 0 bridgehead atoms. The number of para-hydroxylation sites is 1. The molecule has 1 heterocycles. The van der Waals surface area contributed by atoms with E-state index in [0.717, 1.165) is 11.3 Å². The minimum atomic E-state index is -0.117. The molecule has 1 aromatic carbocycles. The normalized spacial score (nSPS) is 20.7. The predicted molar refractivity (Wildman–Crippen MR) is 58.9 cm³/mol.